The lowest BCUT2D eigenvalue weighted by atomic mass is 10.3. The van der Waals surface area contributed by atoms with Crippen molar-refractivity contribution >= 4 is 10.0 Å². The highest BCUT2D eigenvalue weighted by Gasteiger charge is 2.17. The van der Waals surface area contributed by atoms with Gasteiger partial charge in [-0.25, -0.2) is 21.9 Å². The van der Waals surface area contributed by atoms with E-state index in [4.69, 9.17) is 5.73 Å². The first-order valence-electron chi connectivity index (χ1n) is 5.47. The van der Waals surface area contributed by atoms with Crippen molar-refractivity contribution in [3.05, 3.63) is 24.0 Å². The summed E-state index contributed by atoms with van der Waals surface area (Å²) in [6.07, 6.45) is -1.13. The second kappa shape index (κ2) is 7.43. The van der Waals surface area contributed by atoms with Crippen LogP contribution in [0.15, 0.2) is 23.2 Å². The normalized spacial score (nSPS) is 12.0. The Morgan fingerprint density at radius 2 is 2.21 bits per heavy atom. The maximum Gasteiger partial charge on any atom is 0.261 e. The van der Waals surface area contributed by atoms with Gasteiger partial charge in [-0.05, 0) is 12.1 Å². The zero-order chi connectivity index (χ0) is 14.3. The van der Waals surface area contributed by atoms with Gasteiger partial charge in [0, 0.05) is 19.3 Å². The number of pyridine rings is 1. The third-order valence-corrected chi connectivity index (χ3v) is 3.65. The van der Waals surface area contributed by atoms with Crippen LogP contribution >= 0.6 is 0 Å². The second-order valence-electron chi connectivity index (χ2n) is 3.52. The van der Waals surface area contributed by atoms with Gasteiger partial charge in [-0.3, -0.25) is 4.98 Å². The van der Waals surface area contributed by atoms with E-state index in [2.05, 4.69) is 14.4 Å². The molecule has 1 aromatic rings. The van der Waals surface area contributed by atoms with Crippen LogP contribution in [0.3, 0.4) is 0 Å². The maximum atomic E-state index is 11.9. The summed E-state index contributed by atoms with van der Waals surface area (Å²) in [6.45, 7) is -0.975. The summed E-state index contributed by atoms with van der Waals surface area (Å²) in [5, 5.41) is 0. The van der Waals surface area contributed by atoms with E-state index in [-0.39, 0.29) is 30.3 Å². The minimum Gasteiger partial charge on any atom is -0.374 e. The first-order valence-corrected chi connectivity index (χ1v) is 6.95. The molecular formula is C10H15F2N3O3S. The van der Waals surface area contributed by atoms with Gasteiger partial charge in [-0.2, -0.15) is 0 Å². The van der Waals surface area contributed by atoms with Gasteiger partial charge in [0.15, 0.2) is 0 Å². The third-order valence-electron chi connectivity index (χ3n) is 2.11. The molecule has 3 N–H and O–H groups in total. The highest BCUT2D eigenvalue weighted by molar-refractivity contribution is 7.89. The molecule has 0 aliphatic heterocycles. The molecule has 0 saturated carbocycles. The van der Waals surface area contributed by atoms with E-state index >= 15 is 0 Å². The summed E-state index contributed by atoms with van der Waals surface area (Å²) in [6, 6.07) is 2.85. The molecule has 0 aromatic carbocycles. The van der Waals surface area contributed by atoms with Gasteiger partial charge in [0.2, 0.25) is 10.0 Å². The van der Waals surface area contributed by atoms with Crippen molar-refractivity contribution in [2.24, 2.45) is 5.73 Å². The smallest absolute Gasteiger partial charge is 0.261 e. The fraction of sp³-hybridized carbons (Fsp3) is 0.500. The Balaban J connectivity index is 2.56. The Hall–Kier alpha value is -1.16. The van der Waals surface area contributed by atoms with E-state index in [9.17, 15) is 17.2 Å². The lowest BCUT2D eigenvalue weighted by Crippen LogP contribution is -2.29. The molecule has 0 aliphatic rings. The molecule has 0 unspecified atom stereocenters. The van der Waals surface area contributed by atoms with E-state index in [1.807, 2.05) is 0 Å². The number of hydrogen-bond donors (Lipinski definition) is 2. The van der Waals surface area contributed by atoms with E-state index < -0.39 is 23.1 Å². The molecule has 1 aromatic heterocycles. The second-order valence-corrected chi connectivity index (χ2v) is 5.25. The van der Waals surface area contributed by atoms with Crippen molar-refractivity contribution in [1.82, 2.24) is 9.71 Å². The third kappa shape index (κ3) is 5.15. The topological polar surface area (TPSA) is 94.3 Å². The number of halogens is 2. The predicted octanol–water partition coefficient (Wildman–Crippen LogP) is 0.100. The van der Waals surface area contributed by atoms with Crippen LogP contribution in [-0.4, -0.2) is 39.6 Å². The minimum atomic E-state index is -3.76. The summed E-state index contributed by atoms with van der Waals surface area (Å²) < 4.78 is 54.1. The van der Waals surface area contributed by atoms with Gasteiger partial charge in [-0.15, -0.1) is 0 Å². The Labute approximate surface area is 110 Å². The van der Waals surface area contributed by atoms with Crippen molar-refractivity contribution < 1.29 is 21.9 Å². The molecule has 0 amide bonds. The van der Waals surface area contributed by atoms with Gasteiger partial charge in [0.1, 0.15) is 11.5 Å². The summed E-state index contributed by atoms with van der Waals surface area (Å²) >= 11 is 0. The predicted molar refractivity (Wildman–Crippen MR) is 64.1 cm³/mol. The standard InChI is InChI=1S/C10H15F2N3O3S/c11-10(12)7-18-5-4-15-19(16,17)9-2-1-3-14-8(9)6-13/h1-3,10,15H,4-7,13H2. The molecule has 0 spiro atoms. The van der Waals surface area contributed by atoms with Crippen LogP contribution in [0.25, 0.3) is 0 Å². The largest absolute Gasteiger partial charge is 0.374 e. The zero-order valence-electron chi connectivity index (χ0n) is 10.1. The van der Waals surface area contributed by atoms with Crippen molar-refractivity contribution in [2.75, 3.05) is 19.8 Å². The molecule has 0 aliphatic carbocycles. The molecule has 0 radical (unpaired) electrons. The Bertz CT molecular complexity index is 497. The number of nitrogens with two attached hydrogens (primary N) is 1. The van der Waals surface area contributed by atoms with Crippen LogP contribution in [0, 0.1) is 0 Å². The Morgan fingerprint density at radius 3 is 2.84 bits per heavy atom. The quantitative estimate of drug-likeness (QED) is 0.663. The lowest BCUT2D eigenvalue weighted by Gasteiger charge is -2.09. The van der Waals surface area contributed by atoms with Gasteiger partial charge >= 0.3 is 0 Å². The molecule has 0 saturated heterocycles. The van der Waals surface area contributed by atoms with Gasteiger partial charge in [0.25, 0.3) is 6.43 Å². The summed E-state index contributed by atoms with van der Waals surface area (Å²) in [5.74, 6) is 0. The molecule has 1 rings (SSSR count). The first-order chi connectivity index (χ1) is 8.97. The van der Waals surface area contributed by atoms with E-state index in [1.54, 1.807) is 0 Å². The fourth-order valence-corrected chi connectivity index (χ4v) is 2.53. The number of nitrogens with zero attached hydrogens (tertiary/aromatic N) is 1. The van der Waals surface area contributed by atoms with Crippen LogP contribution in [-0.2, 0) is 21.3 Å². The molecule has 0 bridgehead atoms. The Morgan fingerprint density at radius 1 is 1.47 bits per heavy atom. The maximum absolute atomic E-state index is 11.9. The van der Waals surface area contributed by atoms with Crippen LogP contribution in [0.4, 0.5) is 8.78 Å². The molecule has 9 heteroatoms. The van der Waals surface area contributed by atoms with E-state index in [0.29, 0.717) is 0 Å². The molecule has 19 heavy (non-hydrogen) atoms. The molecule has 1 heterocycles. The number of ether oxygens (including phenoxy) is 1. The van der Waals surface area contributed by atoms with E-state index in [0.717, 1.165) is 0 Å². The van der Waals surface area contributed by atoms with Gasteiger partial charge < -0.3 is 10.5 Å². The SMILES string of the molecule is NCc1ncccc1S(=O)(=O)NCCOCC(F)F. The molecule has 108 valence electrons. The van der Waals surface area contributed by atoms with Crippen molar-refractivity contribution in [3.63, 3.8) is 0 Å². The fourth-order valence-electron chi connectivity index (χ4n) is 1.32. The number of rotatable bonds is 8. The molecule has 6 nitrogen and oxygen atoms in total. The molecule has 0 fully saturated rings. The monoisotopic (exact) mass is 295 g/mol. The van der Waals surface area contributed by atoms with Crippen LogP contribution in [0.2, 0.25) is 0 Å². The van der Waals surface area contributed by atoms with Crippen LogP contribution < -0.4 is 10.5 Å². The van der Waals surface area contributed by atoms with Crippen molar-refractivity contribution in [3.8, 4) is 0 Å². The van der Waals surface area contributed by atoms with Gasteiger partial charge in [0.05, 0.1) is 12.3 Å². The zero-order valence-corrected chi connectivity index (χ0v) is 10.9. The summed E-state index contributed by atoms with van der Waals surface area (Å²) in [7, 11) is -3.76. The van der Waals surface area contributed by atoms with Crippen LogP contribution in [0.5, 0.6) is 0 Å². The van der Waals surface area contributed by atoms with Gasteiger partial charge in [-0.1, -0.05) is 0 Å². The van der Waals surface area contributed by atoms with Crippen molar-refractivity contribution in [2.45, 2.75) is 17.9 Å². The number of hydrogen-bond acceptors (Lipinski definition) is 5. The number of sulfonamides is 1. The highest BCUT2D eigenvalue weighted by atomic mass is 32.2. The lowest BCUT2D eigenvalue weighted by molar-refractivity contribution is 0.0199. The Kier molecular flexibility index (Phi) is 6.22. The van der Waals surface area contributed by atoms with E-state index in [1.165, 1.54) is 18.3 Å². The summed E-state index contributed by atoms with van der Waals surface area (Å²) in [4.78, 5) is 3.83. The number of nitrogens with one attached hydrogen (secondary N) is 1. The molecular weight excluding hydrogens is 280 g/mol. The minimum absolute atomic E-state index is 0.0149. The number of alkyl halides is 2. The summed E-state index contributed by atoms with van der Waals surface area (Å²) in [5.41, 5.74) is 5.63. The number of aromatic nitrogens is 1. The highest BCUT2D eigenvalue weighted by Crippen LogP contribution is 2.11. The molecule has 0 atom stereocenters. The van der Waals surface area contributed by atoms with Crippen LogP contribution in [0.1, 0.15) is 5.69 Å². The average Bonchev–Trinajstić information content (AvgIpc) is 2.37. The first kappa shape index (κ1) is 15.9. The average molecular weight is 295 g/mol. The van der Waals surface area contributed by atoms with Crippen molar-refractivity contribution in [1.29, 1.82) is 0 Å².